The fourth-order valence-electron chi connectivity index (χ4n) is 1.83. The highest BCUT2D eigenvalue weighted by molar-refractivity contribution is 6.31. The zero-order chi connectivity index (χ0) is 13.1. The summed E-state index contributed by atoms with van der Waals surface area (Å²) in [5.41, 5.74) is 2.91. The van der Waals surface area contributed by atoms with Crippen molar-refractivity contribution >= 4 is 23.2 Å². The molecule has 0 amide bonds. The second-order valence-corrected chi connectivity index (χ2v) is 5.21. The van der Waals surface area contributed by atoms with E-state index in [4.69, 9.17) is 23.2 Å². The minimum absolute atomic E-state index is 0.501. The van der Waals surface area contributed by atoms with Crippen molar-refractivity contribution in [2.45, 2.75) is 19.4 Å². The SMILES string of the molecule is Cc1ccc(CC(O)c2ccc(Cl)cc2)c(Cl)c1. The van der Waals surface area contributed by atoms with Crippen LogP contribution in [-0.4, -0.2) is 5.11 Å². The van der Waals surface area contributed by atoms with Gasteiger partial charge in [0.1, 0.15) is 0 Å². The highest BCUT2D eigenvalue weighted by Gasteiger charge is 2.10. The first-order valence-electron chi connectivity index (χ1n) is 5.75. The van der Waals surface area contributed by atoms with Gasteiger partial charge in [-0.2, -0.15) is 0 Å². The third-order valence-corrected chi connectivity index (χ3v) is 3.48. The molecule has 0 aliphatic rings. The summed E-state index contributed by atoms with van der Waals surface area (Å²) in [6.07, 6.45) is -0.0664. The fourth-order valence-corrected chi connectivity index (χ4v) is 2.27. The first kappa shape index (κ1) is 13.4. The van der Waals surface area contributed by atoms with Crippen LogP contribution in [0.1, 0.15) is 22.8 Å². The fraction of sp³-hybridized carbons (Fsp3) is 0.200. The van der Waals surface area contributed by atoms with E-state index in [0.717, 1.165) is 16.7 Å². The maximum absolute atomic E-state index is 10.2. The molecule has 3 heteroatoms. The molecule has 0 aromatic heterocycles. The van der Waals surface area contributed by atoms with Gasteiger partial charge in [0.15, 0.2) is 0 Å². The lowest BCUT2D eigenvalue weighted by atomic mass is 10.0. The van der Waals surface area contributed by atoms with Crippen LogP contribution in [0.3, 0.4) is 0 Å². The Morgan fingerprint density at radius 3 is 2.33 bits per heavy atom. The topological polar surface area (TPSA) is 20.2 Å². The van der Waals surface area contributed by atoms with Gasteiger partial charge in [0.25, 0.3) is 0 Å². The molecule has 1 unspecified atom stereocenters. The van der Waals surface area contributed by atoms with Crippen molar-refractivity contribution in [1.29, 1.82) is 0 Å². The van der Waals surface area contributed by atoms with E-state index in [-0.39, 0.29) is 0 Å². The normalized spacial score (nSPS) is 12.4. The molecule has 1 N–H and O–H groups in total. The molecule has 2 rings (SSSR count). The molecule has 0 aliphatic carbocycles. The molecule has 1 atom stereocenters. The Morgan fingerprint density at radius 2 is 1.72 bits per heavy atom. The molecule has 0 heterocycles. The van der Waals surface area contributed by atoms with Gasteiger partial charge >= 0.3 is 0 Å². The van der Waals surface area contributed by atoms with Crippen LogP contribution in [0.25, 0.3) is 0 Å². The Hall–Kier alpha value is -1.02. The highest BCUT2D eigenvalue weighted by atomic mass is 35.5. The molecule has 0 radical (unpaired) electrons. The average molecular weight is 281 g/mol. The van der Waals surface area contributed by atoms with Crippen molar-refractivity contribution in [2.75, 3.05) is 0 Å². The monoisotopic (exact) mass is 280 g/mol. The number of rotatable bonds is 3. The molecule has 94 valence electrons. The Balaban J connectivity index is 2.15. The average Bonchev–Trinajstić information content (AvgIpc) is 2.33. The van der Waals surface area contributed by atoms with Crippen LogP contribution in [0.5, 0.6) is 0 Å². The Morgan fingerprint density at radius 1 is 1.06 bits per heavy atom. The smallest absolute Gasteiger partial charge is 0.0830 e. The number of aliphatic hydroxyl groups is 1. The molecular formula is C15H14Cl2O. The van der Waals surface area contributed by atoms with Crippen molar-refractivity contribution in [3.05, 3.63) is 69.2 Å². The van der Waals surface area contributed by atoms with E-state index < -0.39 is 6.10 Å². The van der Waals surface area contributed by atoms with Gasteiger partial charge in [0.05, 0.1) is 6.10 Å². The third-order valence-electron chi connectivity index (χ3n) is 2.88. The second kappa shape index (κ2) is 5.75. The van der Waals surface area contributed by atoms with Crippen LogP contribution >= 0.6 is 23.2 Å². The quantitative estimate of drug-likeness (QED) is 0.873. The summed E-state index contributed by atoms with van der Waals surface area (Å²) in [7, 11) is 0. The maximum atomic E-state index is 10.2. The molecule has 0 saturated carbocycles. The van der Waals surface area contributed by atoms with Crippen LogP contribution in [0.4, 0.5) is 0 Å². The summed E-state index contributed by atoms with van der Waals surface area (Å²) < 4.78 is 0. The molecule has 2 aromatic carbocycles. The molecule has 0 bridgehead atoms. The van der Waals surface area contributed by atoms with Crippen LogP contribution in [-0.2, 0) is 6.42 Å². The number of aliphatic hydroxyl groups excluding tert-OH is 1. The van der Waals surface area contributed by atoms with Gasteiger partial charge in [0, 0.05) is 16.5 Å². The number of hydrogen-bond acceptors (Lipinski definition) is 1. The van der Waals surface area contributed by atoms with Gasteiger partial charge in [-0.1, -0.05) is 47.5 Å². The van der Waals surface area contributed by atoms with E-state index in [1.54, 1.807) is 12.1 Å². The number of hydrogen-bond donors (Lipinski definition) is 1. The number of aryl methyl sites for hydroxylation is 1. The predicted octanol–water partition coefficient (Wildman–Crippen LogP) is 4.58. The largest absolute Gasteiger partial charge is 0.388 e. The Kier molecular flexibility index (Phi) is 4.28. The maximum Gasteiger partial charge on any atom is 0.0830 e. The molecule has 0 saturated heterocycles. The Labute approximate surface area is 117 Å². The van der Waals surface area contributed by atoms with Crippen molar-refractivity contribution < 1.29 is 5.11 Å². The van der Waals surface area contributed by atoms with Gasteiger partial charge < -0.3 is 5.11 Å². The Bertz CT molecular complexity index is 535. The summed E-state index contributed by atoms with van der Waals surface area (Å²) in [4.78, 5) is 0. The zero-order valence-corrected chi connectivity index (χ0v) is 11.5. The zero-order valence-electron chi connectivity index (χ0n) is 10.0. The van der Waals surface area contributed by atoms with Crippen LogP contribution in [0, 0.1) is 6.92 Å². The van der Waals surface area contributed by atoms with Crippen molar-refractivity contribution in [2.24, 2.45) is 0 Å². The van der Waals surface area contributed by atoms with E-state index >= 15 is 0 Å². The van der Waals surface area contributed by atoms with E-state index in [1.807, 2.05) is 37.3 Å². The van der Waals surface area contributed by atoms with Crippen LogP contribution in [0.2, 0.25) is 10.0 Å². The molecular weight excluding hydrogens is 267 g/mol. The summed E-state index contributed by atoms with van der Waals surface area (Å²) in [5.74, 6) is 0. The molecule has 0 spiro atoms. The van der Waals surface area contributed by atoms with E-state index in [0.29, 0.717) is 16.5 Å². The van der Waals surface area contributed by atoms with Gasteiger partial charge in [-0.15, -0.1) is 0 Å². The highest BCUT2D eigenvalue weighted by Crippen LogP contribution is 2.25. The van der Waals surface area contributed by atoms with Gasteiger partial charge in [0.2, 0.25) is 0 Å². The van der Waals surface area contributed by atoms with Crippen molar-refractivity contribution in [1.82, 2.24) is 0 Å². The summed E-state index contributed by atoms with van der Waals surface area (Å²) in [5, 5.41) is 11.5. The van der Waals surface area contributed by atoms with Gasteiger partial charge in [-0.05, 0) is 41.8 Å². The first-order chi connectivity index (χ1) is 8.56. The first-order valence-corrected chi connectivity index (χ1v) is 6.50. The van der Waals surface area contributed by atoms with Crippen LogP contribution in [0.15, 0.2) is 42.5 Å². The summed E-state index contributed by atoms with van der Waals surface area (Å²) in [6.45, 7) is 1.99. The molecule has 2 aromatic rings. The van der Waals surface area contributed by atoms with E-state index in [2.05, 4.69) is 0 Å². The summed E-state index contributed by atoms with van der Waals surface area (Å²) >= 11 is 12.0. The third kappa shape index (κ3) is 3.26. The number of halogens is 2. The summed E-state index contributed by atoms with van der Waals surface area (Å²) in [6, 6.07) is 13.1. The molecule has 0 aliphatic heterocycles. The van der Waals surface area contributed by atoms with Crippen LogP contribution < -0.4 is 0 Å². The van der Waals surface area contributed by atoms with Gasteiger partial charge in [-0.25, -0.2) is 0 Å². The molecule has 18 heavy (non-hydrogen) atoms. The second-order valence-electron chi connectivity index (χ2n) is 4.37. The van der Waals surface area contributed by atoms with Gasteiger partial charge in [-0.3, -0.25) is 0 Å². The molecule has 0 fully saturated rings. The van der Waals surface area contributed by atoms with E-state index in [9.17, 15) is 5.11 Å². The standard InChI is InChI=1S/C15H14Cl2O/c1-10-2-3-12(14(17)8-10)9-15(18)11-4-6-13(16)7-5-11/h2-8,15,18H,9H2,1H3. The minimum Gasteiger partial charge on any atom is -0.388 e. The number of benzene rings is 2. The molecule has 1 nitrogen and oxygen atoms in total. The lowest BCUT2D eigenvalue weighted by Gasteiger charge is -2.12. The van der Waals surface area contributed by atoms with Crippen molar-refractivity contribution in [3.8, 4) is 0 Å². The van der Waals surface area contributed by atoms with Crippen molar-refractivity contribution in [3.63, 3.8) is 0 Å². The van der Waals surface area contributed by atoms with E-state index in [1.165, 1.54) is 0 Å². The predicted molar refractivity (Wildman–Crippen MR) is 76.3 cm³/mol. The lowest BCUT2D eigenvalue weighted by Crippen LogP contribution is -2.02. The lowest BCUT2D eigenvalue weighted by molar-refractivity contribution is 0.178. The minimum atomic E-state index is -0.567.